The maximum Gasteiger partial charge on any atom is 0.0350 e. The maximum absolute atomic E-state index is 6.74. The molecule has 0 N–H and O–H groups in total. The highest BCUT2D eigenvalue weighted by atomic mass is 13.9. The van der Waals surface area contributed by atoms with E-state index in [-0.39, 0.29) is 0 Å². The van der Waals surface area contributed by atoms with E-state index in [1.54, 1.807) is 0 Å². The Morgan fingerprint density at radius 3 is 2.40 bits per heavy atom. The minimum absolute atomic E-state index is 0.625. The SMILES string of the molecule is [C]#CCc1ccc(C)cc1. The van der Waals surface area contributed by atoms with E-state index < -0.39 is 0 Å². The number of benzene rings is 1. The van der Waals surface area contributed by atoms with Crippen LogP contribution in [0.3, 0.4) is 0 Å². The van der Waals surface area contributed by atoms with Crippen molar-refractivity contribution in [2.24, 2.45) is 0 Å². The summed E-state index contributed by atoms with van der Waals surface area (Å²) in [7, 11) is 0. The highest BCUT2D eigenvalue weighted by Gasteiger charge is 1.86. The lowest BCUT2D eigenvalue weighted by atomic mass is 10.1. The third-order valence-electron chi connectivity index (χ3n) is 1.41. The molecule has 0 saturated carbocycles. The Labute approximate surface area is 61.9 Å². The van der Waals surface area contributed by atoms with Crippen molar-refractivity contribution in [3.05, 3.63) is 41.8 Å². The van der Waals surface area contributed by atoms with Crippen molar-refractivity contribution in [2.75, 3.05) is 0 Å². The summed E-state index contributed by atoms with van der Waals surface area (Å²) in [5, 5.41) is 0. The van der Waals surface area contributed by atoms with Crippen molar-refractivity contribution >= 4 is 0 Å². The van der Waals surface area contributed by atoms with E-state index in [0.29, 0.717) is 6.42 Å². The molecule has 10 heavy (non-hydrogen) atoms. The van der Waals surface area contributed by atoms with Gasteiger partial charge in [0.25, 0.3) is 0 Å². The molecular weight excluding hydrogens is 120 g/mol. The Morgan fingerprint density at radius 1 is 1.30 bits per heavy atom. The molecule has 0 saturated heterocycles. The molecule has 0 bridgehead atoms. The zero-order chi connectivity index (χ0) is 7.40. The van der Waals surface area contributed by atoms with Gasteiger partial charge in [0.1, 0.15) is 0 Å². The van der Waals surface area contributed by atoms with Crippen molar-refractivity contribution in [2.45, 2.75) is 13.3 Å². The van der Waals surface area contributed by atoms with Crippen LogP contribution in [-0.4, -0.2) is 0 Å². The van der Waals surface area contributed by atoms with Crippen LogP contribution in [0.1, 0.15) is 11.1 Å². The number of hydrogen-bond acceptors (Lipinski definition) is 0. The zero-order valence-electron chi connectivity index (χ0n) is 6.02. The van der Waals surface area contributed by atoms with Gasteiger partial charge in [0, 0.05) is 6.42 Å². The van der Waals surface area contributed by atoms with Crippen LogP contribution in [0.15, 0.2) is 24.3 Å². The van der Waals surface area contributed by atoms with Gasteiger partial charge in [0.2, 0.25) is 0 Å². The quantitative estimate of drug-likeness (QED) is 0.509. The van der Waals surface area contributed by atoms with Crippen LogP contribution in [0.2, 0.25) is 0 Å². The van der Waals surface area contributed by atoms with Crippen molar-refractivity contribution in [1.29, 1.82) is 0 Å². The molecule has 0 aliphatic rings. The molecule has 0 fully saturated rings. The average Bonchev–Trinajstić information content (AvgIpc) is 1.95. The summed E-state index contributed by atoms with van der Waals surface area (Å²) in [5.74, 6) is 2.35. The summed E-state index contributed by atoms with van der Waals surface area (Å²) in [4.78, 5) is 0. The normalized spacial score (nSPS) is 8.80. The second-order valence-electron chi connectivity index (χ2n) is 2.34. The summed E-state index contributed by atoms with van der Waals surface area (Å²) in [6.07, 6.45) is 7.37. The molecular formula is C10H9. The average molecular weight is 129 g/mol. The van der Waals surface area contributed by atoms with E-state index in [2.05, 4.69) is 12.8 Å². The Kier molecular flexibility index (Phi) is 2.12. The summed E-state index contributed by atoms with van der Waals surface area (Å²) < 4.78 is 0. The van der Waals surface area contributed by atoms with Crippen molar-refractivity contribution in [3.8, 4) is 5.92 Å². The van der Waals surface area contributed by atoms with Crippen LogP contribution in [-0.2, 0) is 6.42 Å². The minimum Gasteiger partial charge on any atom is -0.0843 e. The van der Waals surface area contributed by atoms with Crippen molar-refractivity contribution in [3.63, 3.8) is 0 Å². The monoisotopic (exact) mass is 129 g/mol. The second-order valence-corrected chi connectivity index (χ2v) is 2.34. The molecule has 0 nitrogen and oxygen atoms in total. The molecule has 1 aromatic carbocycles. The first-order chi connectivity index (χ1) is 4.83. The van der Waals surface area contributed by atoms with Gasteiger partial charge in [-0.15, -0.1) is 0 Å². The first kappa shape index (κ1) is 6.89. The van der Waals surface area contributed by atoms with Crippen LogP contribution < -0.4 is 0 Å². The van der Waals surface area contributed by atoms with E-state index in [0.717, 1.165) is 5.56 Å². The molecule has 49 valence electrons. The lowest BCUT2D eigenvalue weighted by molar-refractivity contribution is 1.30. The Morgan fingerprint density at radius 2 is 1.90 bits per heavy atom. The Hall–Kier alpha value is -1.22. The van der Waals surface area contributed by atoms with E-state index in [9.17, 15) is 0 Å². The predicted molar refractivity (Wildman–Crippen MR) is 42.0 cm³/mol. The standard InChI is InChI=1S/C10H9/c1-3-4-10-7-5-9(2)6-8-10/h5-8H,4H2,2H3. The molecule has 1 aromatic rings. The van der Waals surface area contributed by atoms with E-state index >= 15 is 0 Å². The fourth-order valence-electron chi connectivity index (χ4n) is 0.808. The molecule has 0 aliphatic carbocycles. The number of rotatable bonds is 1. The molecule has 0 aliphatic heterocycles. The van der Waals surface area contributed by atoms with Crippen LogP contribution >= 0.6 is 0 Å². The number of hydrogen-bond donors (Lipinski definition) is 0. The predicted octanol–water partition coefficient (Wildman–Crippen LogP) is 2.13. The minimum atomic E-state index is 0.625. The summed E-state index contributed by atoms with van der Waals surface area (Å²) in [6, 6.07) is 8.15. The lowest BCUT2D eigenvalue weighted by Crippen LogP contribution is -1.79. The topological polar surface area (TPSA) is 0 Å². The second kappa shape index (κ2) is 3.08. The zero-order valence-corrected chi connectivity index (χ0v) is 6.02. The Bertz CT molecular complexity index is 236. The number of aryl methyl sites for hydroxylation is 1. The molecule has 0 aromatic heterocycles. The van der Waals surface area contributed by atoms with Crippen LogP contribution in [0.5, 0.6) is 0 Å². The highest BCUT2D eigenvalue weighted by Crippen LogP contribution is 2.02. The third kappa shape index (κ3) is 1.63. The fraction of sp³-hybridized carbons (Fsp3) is 0.200. The molecule has 0 unspecified atom stereocenters. The van der Waals surface area contributed by atoms with Gasteiger partial charge in [-0.1, -0.05) is 35.7 Å². The summed E-state index contributed by atoms with van der Waals surface area (Å²) >= 11 is 0. The smallest absolute Gasteiger partial charge is 0.0350 e. The van der Waals surface area contributed by atoms with Gasteiger partial charge >= 0.3 is 0 Å². The third-order valence-corrected chi connectivity index (χ3v) is 1.41. The van der Waals surface area contributed by atoms with Gasteiger partial charge in [0.05, 0.1) is 0 Å². The lowest BCUT2D eigenvalue weighted by Gasteiger charge is -1.94. The Balaban J connectivity index is 2.81. The van der Waals surface area contributed by atoms with Crippen molar-refractivity contribution in [1.82, 2.24) is 0 Å². The van der Waals surface area contributed by atoms with Crippen LogP contribution in [0, 0.1) is 19.3 Å². The fourth-order valence-corrected chi connectivity index (χ4v) is 0.808. The van der Waals surface area contributed by atoms with Gasteiger partial charge in [-0.25, -0.2) is 0 Å². The molecule has 0 amide bonds. The molecule has 0 heterocycles. The molecule has 0 atom stereocenters. The van der Waals surface area contributed by atoms with E-state index in [4.69, 9.17) is 6.42 Å². The molecule has 1 rings (SSSR count). The molecule has 0 heteroatoms. The van der Waals surface area contributed by atoms with Gasteiger partial charge in [-0.3, -0.25) is 0 Å². The molecule has 1 radical (unpaired) electrons. The first-order valence-corrected chi connectivity index (χ1v) is 3.28. The van der Waals surface area contributed by atoms with Gasteiger partial charge in [-0.05, 0) is 18.9 Å². The van der Waals surface area contributed by atoms with Crippen molar-refractivity contribution < 1.29 is 0 Å². The maximum atomic E-state index is 6.74. The van der Waals surface area contributed by atoms with E-state index in [1.807, 2.05) is 24.3 Å². The first-order valence-electron chi connectivity index (χ1n) is 3.28. The van der Waals surface area contributed by atoms with Crippen LogP contribution in [0.4, 0.5) is 0 Å². The van der Waals surface area contributed by atoms with E-state index in [1.165, 1.54) is 5.56 Å². The van der Waals surface area contributed by atoms with Gasteiger partial charge < -0.3 is 0 Å². The largest absolute Gasteiger partial charge is 0.0843 e. The highest BCUT2D eigenvalue weighted by molar-refractivity contribution is 5.23. The van der Waals surface area contributed by atoms with Crippen LogP contribution in [0.25, 0.3) is 0 Å². The molecule has 0 spiro atoms. The van der Waals surface area contributed by atoms with Gasteiger partial charge in [0.15, 0.2) is 0 Å². The summed E-state index contributed by atoms with van der Waals surface area (Å²) in [5.41, 5.74) is 2.41. The summed E-state index contributed by atoms with van der Waals surface area (Å²) in [6.45, 7) is 2.05. The van der Waals surface area contributed by atoms with Gasteiger partial charge in [-0.2, -0.15) is 0 Å².